The van der Waals surface area contributed by atoms with Crippen LogP contribution >= 0.6 is 0 Å². The second-order valence-electron chi connectivity index (χ2n) is 6.36. The second-order valence-corrected chi connectivity index (χ2v) is 6.36. The van der Waals surface area contributed by atoms with Gasteiger partial charge in [-0.15, -0.1) is 0 Å². The number of fused-ring (bicyclic) bond motifs is 1. The highest BCUT2D eigenvalue weighted by molar-refractivity contribution is 5.90. The van der Waals surface area contributed by atoms with Crippen LogP contribution in [-0.4, -0.2) is 33.6 Å². The molecule has 0 bridgehead atoms. The lowest BCUT2D eigenvalue weighted by molar-refractivity contribution is 0.252. The van der Waals surface area contributed by atoms with Crippen LogP contribution < -0.4 is 16.0 Å². The fraction of sp³-hybridized carbons (Fsp3) is 0.333. The van der Waals surface area contributed by atoms with Gasteiger partial charge < -0.3 is 15.1 Å². The van der Waals surface area contributed by atoms with Crippen molar-refractivity contribution in [2.45, 2.75) is 32.7 Å². The zero-order valence-electron chi connectivity index (χ0n) is 14.7. The van der Waals surface area contributed by atoms with E-state index < -0.39 is 0 Å². The van der Waals surface area contributed by atoms with Crippen LogP contribution in [0.2, 0.25) is 0 Å². The predicted octanol–water partition coefficient (Wildman–Crippen LogP) is 3.31. The number of oxazole rings is 1. The van der Waals surface area contributed by atoms with Gasteiger partial charge in [-0.1, -0.05) is 0 Å². The molecule has 134 valence electrons. The number of urea groups is 1. The molecule has 8 heteroatoms. The summed E-state index contributed by atoms with van der Waals surface area (Å²) in [5.74, 6) is 0.656. The number of amides is 2. The number of nitrogens with one attached hydrogen (secondary N) is 3. The molecular weight excluding hydrogens is 332 g/mol. The summed E-state index contributed by atoms with van der Waals surface area (Å²) >= 11 is 0. The molecule has 0 aliphatic heterocycles. The molecular formula is C18H20N6O2. The lowest BCUT2D eigenvalue weighted by Crippen LogP contribution is -2.28. The zero-order chi connectivity index (χ0) is 18.1. The first-order chi connectivity index (χ1) is 12.6. The van der Waals surface area contributed by atoms with E-state index in [4.69, 9.17) is 4.42 Å². The number of carbonyl (C=O) groups is 1. The predicted molar refractivity (Wildman–Crippen MR) is 99.1 cm³/mol. The molecule has 0 spiro atoms. The monoisotopic (exact) mass is 352 g/mol. The van der Waals surface area contributed by atoms with E-state index in [1.54, 1.807) is 12.4 Å². The quantitative estimate of drug-likeness (QED) is 0.651. The summed E-state index contributed by atoms with van der Waals surface area (Å²) in [7, 11) is 0. The van der Waals surface area contributed by atoms with Crippen LogP contribution in [0.1, 0.15) is 25.3 Å². The summed E-state index contributed by atoms with van der Waals surface area (Å²) in [5.41, 5.74) is 4.10. The molecule has 1 aromatic carbocycles. The van der Waals surface area contributed by atoms with E-state index in [0.717, 1.165) is 16.7 Å². The van der Waals surface area contributed by atoms with Crippen molar-refractivity contribution in [3.8, 4) is 11.1 Å². The van der Waals surface area contributed by atoms with Gasteiger partial charge in [-0.3, -0.25) is 5.32 Å². The van der Waals surface area contributed by atoms with Gasteiger partial charge in [0, 0.05) is 30.5 Å². The maximum Gasteiger partial charge on any atom is 0.322 e. The van der Waals surface area contributed by atoms with Gasteiger partial charge >= 0.3 is 12.0 Å². The first-order valence-electron chi connectivity index (χ1n) is 8.67. The van der Waals surface area contributed by atoms with Crippen molar-refractivity contribution in [1.29, 1.82) is 0 Å². The molecule has 4 rings (SSSR count). The summed E-state index contributed by atoms with van der Waals surface area (Å²) in [5, 5.41) is 8.50. The number of anilines is 2. The first kappa shape index (κ1) is 16.3. The Hall–Kier alpha value is -3.16. The maximum absolute atomic E-state index is 11.6. The molecule has 0 unspecified atom stereocenters. The molecule has 3 N–H and O–H groups in total. The van der Waals surface area contributed by atoms with Gasteiger partial charge in [-0.25, -0.2) is 14.8 Å². The molecule has 1 aliphatic carbocycles. The molecule has 2 aromatic heterocycles. The Balaban J connectivity index is 1.60. The van der Waals surface area contributed by atoms with Gasteiger partial charge in [0.15, 0.2) is 5.58 Å². The molecule has 3 aromatic rings. The maximum atomic E-state index is 11.6. The first-order valence-corrected chi connectivity index (χ1v) is 8.67. The number of aryl methyl sites for hydroxylation is 1. The molecule has 0 radical (unpaired) electrons. The van der Waals surface area contributed by atoms with E-state index in [0.29, 0.717) is 29.6 Å². The minimum absolute atomic E-state index is 0.173. The van der Waals surface area contributed by atoms with Gasteiger partial charge in [-0.05, 0) is 49.9 Å². The summed E-state index contributed by atoms with van der Waals surface area (Å²) in [6, 6.07) is 4.25. The highest BCUT2D eigenvalue weighted by atomic mass is 16.4. The van der Waals surface area contributed by atoms with E-state index in [1.807, 2.05) is 26.0 Å². The Morgan fingerprint density at radius 1 is 1.23 bits per heavy atom. The number of carbonyl (C=O) groups excluding carboxylic acids is 1. The minimum Gasteiger partial charge on any atom is -0.423 e. The number of hydrogen-bond acceptors (Lipinski definition) is 6. The zero-order valence-corrected chi connectivity index (χ0v) is 14.7. The largest absolute Gasteiger partial charge is 0.423 e. The number of aromatic nitrogens is 3. The number of rotatable bonds is 5. The van der Waals surface area contributed by atoms with Gasteiger partial charge in [0.2, 0.25) is 5.95 Å². The van der Waals surface area contributed by atoms with Crippen LogP contribution in [0.3, 0.4) is 0 Å². The van der Waals surface area contributed by atoms with Gasteiger partial charge in [0.05, 0.1) is 0 Å². The highest BCUT2D eigenvalue weighted by Gasteiger charge is 2.21. The molecule has 0 saturated heterocycles. The Morgan fingerprint density at radius 2 is 2.00 bits per heavy atom. The van der Waals surface area contributed by atoms with Gasteiger partial charge in [0.25, 0.3) is 0 Å². The SMILES string of the molecule is CCNC(=O)Nc1nc2cc(-c3cnc(NC4CC4)nc3)cc(C)c2o1. The number of nitrogens with zero attached hydrogens (tertiary/aromatic N) is 3. The number of benzene rings is 1. The standard InChI is InChI=1S/C18H20N6O2/c1-3-19-17(25)24-18-23-14-7-11(6-10(2)15(14)26-18)12-8-20-16(21-9-12)22-13-4-5-13/h6-9,13H,3-5H2,1-2H3,(H,20,21,22)(H2,19,23,24,25). The smallest absolute Gasteiger partial charge is 0.322 e. The van der Waals surface area contributed by atoms with Crippen LogP contribution in [0.15, 0.2) is 28.9 Å². The highest BCUT2D eigenvalue weighted by Crippen LogP contribution is 2.29. The third-order valence-electron chi connectivity index (χ3n) is 4.13. The van der Waals surface area contributed by atoms with Crippen molar-refractivity contribution in [3.05, 3.63) is 30.1 Å². The molecule has 1 fully saturated rings. The van der Waals surface area contributed by atoms with Crippen molar-refractivity contribution in [1.82, 2.24) is 20.3 Å². The van der Waals surface area contributed by atoms with Crippen molar-refractivity contribution in [2.75, 3.05) is 17.2 Å². The Bertz CT molecular complexity index is 946. The number of hydrogen-bond donors (Lipinski definition) is 3. The summed E-state index contributed by atoms with van der Waals surface area (Å²) in [6.45, 7) is 4.31. The van der Waals surface area contributed by atoms with E-state index in [1.165, 1.54) is 12.8 Å². The normalized spacial score (nSPS) is 13.6. The molecule has 1 saturated carbocycles. The summed E-state index contributed by atoms with van der Waals surface area (Å²) in [4.78, 5) is 24.7. The Morgan fingerprint density at radius 3 is 2.69 bits per heavy atom. The lowest BCUT2D eigenvalue weighted by Gasteiger charge is -2.05. The Labute approximate surface area is 150 Å². The van der Waals surface area contributed by atoms with E-state index in [-0.39, 0.29) is 12.0 Å². The van der Waals surface area contributed by atoms with E-state index >= 15 is 0 Å². The van der Waals surface area contributed by atoms with Gasteiger partial charge in [-0.2, -0.15) is 4.98 Å². The van der Waals surface area contributed by atoms with Crippen LogP contribution in [0.4, 0.5) is 16.8 Å². The third kappa shape index (κ3) is 3.44. The Kier molecular flexibility index (Phi) is 4.16. The second kappa shape index (κ2) is 6.62. The third-order valence-corrected chi connectivity index (χ3v) is 4.13. The average Bonchev–Trinajstić information content (AvgIpc) is 3.33. The van der Waals surface area contributed by atoms with E-state index in [9.17, 15) is 4.79 Å². The van der Waals surface area contributed by atoms with Crippen molar-refractivity contribution in [2.24, 2.45) is 0 Å². The molecule has 26 heavy (non-hydrogen) atoms. The van der Waals surface area contributed by atoms with Crippen LogP contribution in [-0.2, 0) is 0 Å². The van der Waals surface area contributed by atoms with Crippen LogP contribution in [0, 0.1) is 6.92 Å². The van der Waals surface area contributed by atoms with E-state index in [2.05, 4.69) is 30.9 Å². The fourth-order valence-electron chi connectivity index (χ4n) is 2.68. The van der Waals surface area contributed by atoms with Crippen molar-refractivity contribution in [3.63, 3.8) is 0 Å². The fourth-order valence-corrected chi connectivity index (χ4v) is 2.68. The average molecular weight is 352 g/mol. The van der Waals surface area contributed by atoms with Crippen molar-refractivity contribution >= 4 is 29.1 Å². The molecule has 1 aliphatic rings. The van der Waals surface area contributed by atoms with Crippen LogP contribution in [0.5, 0.6) is 0 Å². The molecule has 8 nitrogen and oxygen atoms in total. The lowest BCUT2D eigenvalue weighted by atomic mass is 10.1. The minimum atomic E-state index is -0.343. The van der Waals surface area contributed by atoms with Gasteiger partial charge in [0.1, 0.15) is 5.52 Å². The summed E-state index contributed by atoms with van der Waals surface area (Å²) < 4.78 is 5.65. The molecule has 0 atom stereocenters. The molecule has 2 heterocycles. The summed E-state index contributed by atoms with van der Waals surface area (Å²) in [6.07, 6.45) is 5.96. The van der Waals surface area contributed by atoms with Crippen molar-refractivity contribution < 1.29 is 9.21 Å². The topological polar surface area (TPSA) is 105 Å². The molecule has 2 amide bonds. The van der Waals surface area contributed by atoms with Crippen LogP contribution in [0.25, 0.3) is 22.2 Å².